The quantitative estimate of drug-likeness (QED) is 0.817. The number of aromatic nitrogens is 3. The van der Waals surface area contributed by atoms with E-state index in [9.17, 15) is 0 Å². The maximum Gasteiger partial charge on any atom is 0.114 e. The van der Waals surface area contributed by atoms with Crippen LogP contribution in [0.2, 0.25) is 0 Å². The Morgan fingerprint density at radius 1 is 1.57 bits per heavy atom. The second-order valence-corrected chi connectivity index (χ2v) is 3.97. The van der Waals surface area contributed by atoms with Crippen LogP contribution in [-0.4, -0.2) is 14.8 Å². The van der Waals surface area contributed by atoms with Crippen LogP contribution >= 0.6 is 11.3 Å². The summed E-state index contributed by atoms with van der Waals surface area (Å²) in [4.78, 5) is 4.25. The minimum atomic E-state index is 0.757. The van der Waals surface area contributed by atoms with Gasteiger partial charge in [-0.05, 0) is 6.42 Å². The minimum Gasteiger partial charge on any atom is -0.389 e. The van der Waals surface area contributed by atoms with Gasteiger partial charge in [-0.2, -0.15) is 5.10 Å². The molecule has 0 saturated heterocycles. The van der Waals surface area contributed by atoms with Gasteiger partial charge in [-0.1, -0.05) is 6.92 Å². The Morgan fingerprint density at radius 2 is 2.36 bits per heavy atom. The lowest BCUT2D eigenvalue weighted by Gasteiger charge is -1.95. The van der Waals surface area contributed by atoms with Crippen molar-refractivity contribution in [2.75, 3.05) is 5.73 Å². The summed E-state index contributed by atoms with van der Waals surface area (Å²) in [6.45, 7) is 2.08. The van der Waals surface area contributed by atoms with E-state index in [1.165, 1.54) is 11.3 Å². The van der Waals surface area contributed by atoms with Gasteiger partial charge in [0.25, 0.3) is 0 Å². The smallest absolute Gasteiger partial charge is 0.114 e. The SMILES string of the molecule is CCc1nn(C)cc1-c1ncsc1N. The number of aryl methyl sites for hydroxylation is 2. The summed E-state index contributed by atoms with van der Waals surface area (Å²) in [6, 6.07) is 0. The molecule has 0 radical (unpaired) electrons. The molecule has 0 aliphatic heterocycles. The van der Waals surface area contributed by atoms with Gasteiger partial charge in [0.05, 0.1) is 11.2 Å². The number of anilines is 1. The van der Waals surface area contributed by atoms with Crippen molar-refractivity contribution in [3.8, 4) is 11.3 Å². The van der Waals surface area contributed by atoms with E-state index in [0.717, 1.165) is 28.4 Å². The van der Waals surface area contributed by atoms with Crippen LogP contribution in [0.3, 0.4) is 0 Å². The standard InChI is InChI=1S/C9H12N4S/c1-3-7-6(4-13(2)12-7)8-9(10)14-5-11-8/h4-5H,3,10H2,1-2H3. The van der Waals surface area contributed by atoms with Crippen molar-refractivity contribution < 1.29 is 0 Å². The lowest BCUT2D eigenvalue weighted by molar-refractivity contribution is 0.746. The average molecular weight is 208 g/mol. The van der Waals surface area contributed by atoms with E-state index in [-0.39, 0.29) is 0 Å². The summed E-state index contributed by atoms with van der Waals surface area (Å²) in [5.41, 5.74) is 10.5. The van der Waals surface area contributed by atoms with Crippen molar-refractivity contribution in [2.45, 2.75) is 13.3 Å². The van der Waals surface area contributed by atoms with Gasteiger partial charge in [-0.15, -0.1) is 11.3 Å². The fourth-order valence-corrected chi connectivity index (χ4v) is 2.00. The van der Waals surface area contributed by atoms with Crippen LogP contribution in [0.15, 0.2) is 11.7 Å². The summed E-state index contributed by atoms with van der Waals surface area (Å²) in [5.74, 6) is 0. The molecule has 0 bridgehead atoms. The molecule has 0 aliphatic rings. The Bertz CT molecular complexity index is 443. The average Bonchev–Trinajstić information content (AvgIpc) is 2.71. The summed E-state index contributed by atoms with van der Waals surface area (Å²) in [6.07, 6.45) is 2.86. The molecule has 14 heavy (non-hydrogen) atoms. The maximum absolute atomic E-state index is 5.82. The molecule has 0 spiro atoms. The second kappa shape index (κ2) is 3.42. The first-order valence-corrected chi connectivity index (χ1v) is 5.32. The fraction of sp³-hybridized carbons (Fsp3) is 0.333. The second-order valence-electron chi connectivity index (χ2n) is 3.08. The highest BCUT2D eigenvalue weighted by Gasteiger charge is 2.12. The number of rotatable bonds is 2. The van der Waals surface area contributed by atoms with Gasteiger partial charge < -0.3 is 5.73 Å². The zero-order valence-corrected chi connectivity index (χ0v) is 9.01. The molecule has 4 nitrogen and oxygen atoms in total. The normalized spacial score (nSPS) is 10.7. The molecule has 0 aliphatic carbocycles. The van der Waals surface area contributed by atoms with E-state index >= 15 is 0 Å². The number of hydrogen-bond acceptors (Lipinski definition) is 4. The van der Waals surface area contributed by atoms with Crippen LogP contribution in [0.1, 0.15) is 12.6 Å². The first-order chi connectivity index (χ1) is 6.72. The molecule has 2 aromatic rings. The summed E-state index contributed by atoms with van der Waals surface area (Å²) in [5, 5.41) is 5.11. The summed E-state index contributed by atoms with van der Waals surface area (Å²) in [7, 11) is 1.91. The summed E-state index contributed by atoms with van der Waals surface area (Å²) < 4.78 is 1.80. The predicted molar refractivity (Wildman–Crippen MR) is 58.1 cm³/mol. The summed E-state index contributed by atoms with van der Waals surface area (Å²) >= 11 is 1.46. The molecular weight excluding hydrogens is 196 g/mol. The number of thiazole rings is 1. The number of hydrogen-bond donors (Lipinski definition) is 1. The van der Waals surface area contributed by atoms with Gasteiger partial charge in [0.2, 0.25) is 0 Å². The Kier molecular flexibility index (Phi) is 2.25. The molecule has 74 valence electrons. The molecule has 2 heterocycles. The van der Waals surface area contributed by atoms with E-state index in [1.54, 1.807) is 10.2 Å². The highest BCUT2D eigenvalue weighted by atomic mass is 32.1. The molecule has 0 fully saturated rings. The highest BCUT2D eigenvalue weighted by Crippen LogP contribution is 2.29. The first kappa shape index (κ1) is 9.21. The van der Waals surface area contributed by atoms with Crippen molar-refractivity contribution in [1.29, 1.82) is 0 Å². The monoisotopic (exact) mass is 208 g/mol. The lowest BCUT2D eigenvalue weighted by Crippen LogP contribution is -1.90. The predicted octanol–water partition coefficient (Wildman–Crippen LogP) is 1.69. The minimum absolute atomic E-state index is 0.757. The van der Waals surface area contributed by atoms with Crippen molar-refractivity contribution in [2.24, 2.45) is 7.05 Å². The third-order valence-corrected chi connectivity index (χ3v) is 2.75. The van der Waals surface area contributed by atoms with Crippen LogP contribution in [0.4, 0.5) is 5.00 Å². The van der Waals surface area contributed by atoms with Crippen molar-refractivity contribution >= 4 is 16.3 Å². The van der Waals surface area contributed by atoms with Gasteiger partial charge in [0, 0.05) is 18.8 Å². The Labute approximate surface area is 86.4 Å². The third kappa shape index (κ3) is 1.39. The molecular formula is C9H12N4S. The molecule has 0 amide bonds. The van der Waals surface area contributed by atoms with Crippen LogP contribution in [0.25, 0.3) is 11.3 Å². The maximum atomic E-state index is 5.82. The zero-order valence-electron chi connectivity index (χ0n) is 8.19. The Morgan fingerprint density at radius 3 is 2.93 bits per heavy atom. The fourth-order valence-electron chi connectivity index (χ4n) is 1.45. The first-order valence-electron chi connectivity index (χ1n) is 4.44. The van der Waals surface area contributed by atoms with Crippen molar-refractivity contribution in [3.05, 3.63) is 17.4 Å². The van der Waals surface area contributed by atoms with Crippen LogP contribution < -0.4 is 5.73 Å². The van der Waals surface area contributed by atoms with E-state index < -0.39 is 0 Å². The van der Waals surface area contributed by atoms with E-state index in [2.05, 4.69) is 17.0 Å². The van der Waals surface area contributed by atoms with Crippen molar-refractivity contribution in [3.63, 3.8) is 0 Å². The van der Waals surface area contributed by atoms with Gasteiger partial charge in [0.15, 0.2) is 0 Å². The largest absolute Gasteiger partial charge is 0.389 e. The van der Waals surface area contributed by atoms with Gasteiger partial charge >= 0.3 is 0 Å². The molecule has 0 aromatic carbocycles. The van der Waals surface area contributed by atoms with Crippen LogP contribution in [0.5, 0.6) is 0 Å². The molecule has 0 saturated carbocycles. The third-order valence-electron chi connectivity index (χ3n) is 2.09. The van der Waals surface area contributed by atoms with E-state index in [1.807, 2.05) is 13.2 Å². The molecule has 2 aromatic heterocycles. The van der Waals surface area contributed by atoms with Gasteiger partial charge in [-0.25, -0.2) is 4.98 Å². The molecule has 0 unspecified atom stereocenters. The van der Waals surface area contributed by atoms with Crippen LogP contribution in [0, 0.1) is 0 Å². The molecule has 0 atom stereocenters. The number of nitrogens with two attached hydrogens (primary N) is 1. The number of nitrogens with zero attached hydrogens (tertiary/aromatic N) is 3. The zero-order chi connectivity index (χ0) is 10.1. The van der Waals surface area contributed by atoms with Gasteiger partial charge in [-0.3, -0.25) is 4.68 Å². The Balaban J connectivity index is 2.55. The topological polar surface area (TPSA) is 56.7 Å². The molecule has 2 rings (SSSR count). The van der Waals surface area contributed by atoms with E-state index in [4.69, 9.17) is 5.73 Å². The van der Waals surface area contributed by atoms with Crippen LogP contribution in [-0.2, 0) is 13.5 Å². The highest BCUT2D eigenvalue weighted by molar-refractivity contribution is 7.14. The van der Waals surface area contributed by atoms with E-state index in [0.29, 0.717) is 0 Å². The van der Waals surface area contributed by atoms with Crippen molar-refractivity contribution in [1.82, 2.24) is 14.8 Å². The molecule has 5 heteroatoms. The Hall–Kier alpha value is -1.36. The van der Waals surface area contributed by atoms with Gasteiger partial charge in [0.1, 0.15) is 10.7 Å². The number of nitrogen functional groups attached to an aromatic ring is 1. The molecule has 2 N–H and O–H groups in total. The lowest BCUT2D eigenvalue weighted by atomic mass is 10.1.